The van der Waals surface area contributed by atoms with Crippen molar-refractivity contribution in [3.63, 3.8) is 0 Å². The number of nitrogens with one attached hydrogen (secondary N) is 2. The number of carbonyl (C=O) groups is 2. The van der Waals surface area contributed by atoms with E-state index in [1.54, 1.807) is 12.1 Å². The molecule has 1 aromatic carbocycles. The van der Waals surface area contributed by atoms with Crippen molar-refractivity contribution < 1.29 is 14.7 Å². The van der Waals surface area contributed by atoms with Gasteiger partial charge in [-0.25, -0.2) is 4.79 Å². The molecule has 1 saturated heterocycles. The molecule has 1 aliphatic heterocycles. The van der Waals surface area contributed by atoms with Crippen LogP contribution in [0.4, 0.5) is 0 Å². The lowest BCUT2D eigenvalue weighted by atomic mass is 9.89. The number of hydrogen-bond donors (Lipinski definition) is 3. The van der Waals surface area contributed by atoms with Gasteiger partial charge in [0.25, 0.3) is 5.91 Å². The summed E-state index contributed by atoms with van der Waals surface area (Å²) < 4.78 is 0. The van der Waals surface area contributed by atoms with E-state index in [0.717, 1.165) is 13.0 Å². The topological polar surface area (TPSA) is 78.4 Å². The highest BCUT2D eigenvalue weighted by Gasteiger charge is 2.28. The van der Waals surface area contributed by atoms with Crippen molar-refractivity contribution in [1.82, 2.24) is 10.6 Å². The molecular weight excluding hydrogens is 256 g/mol. The Labute approximate surface area is 118 Å². The highest BCUT2D eigenvalue weighted by molar-refractivity contribution is 5.97. The van der Waals surface area contributed by atoms with Gasteiger partial charge >= 0.3 is 5.97 Å². The molecule has 1 aromatic rings. The fraction of sp³-hybridized carbons (Fsp3) is 0.467. The van der Waals surface area contributed by atoms with Gasteiger partial charge in [0.15, 0.2) is 0 Å². The maximum Gasteiger partial charge on any atom is 0.335 e. The van der Waals surface area contributed by atoms with Crippen molar-refractivity contribution >= 4 is 11.9 Å². The molecule has 0 aromatic heterocycles. The Morgan fingerprint density at radius 1 is 1.30 bits per heavy atom. The fourth-order valence-electron chi connectivity index (χ4n) is 2.63. The van der Waals surface area contributed by atoms with E-state index < -0.39 is 5.97 Å². The number of carboxylic acid groups (broad SMARTS) is 1. The maximum absolute atomic E-state index is 12.2. The van der Waals surface area contributed by atoms with Crippen LogP contribution in [0.3, 0.4) is 0 Å². The summed E-state index contributed by atoms with van der Waals surface area (Å²) in [5.74, 6) is -0.848. The molecule has 0 radical (unpaired) electrons. The molecule has 108 valence electrons. The third kappa shape index (κ3) is 3.17. The third-order valence-corrected chi connectivity index (χ3v) is 3.89. The van der Waals surface area contributed by atoms with E-state index in [4.69, 9.17) is 5.11 Å². The van der Waals surface area contributed by atoms with Crippen LogP contribution in [-0.2, 0) is 0 Å². The Morgan fingerprint density at radius 3 is 2.65 bits per heavy atom. The fourth-order valence-corrected chi connectivity index (χ4v) is 2.63. The maximum atomic E-state index is 12.2. The van der Waals surface area contributed by atoms with E-state index in [0.29, 0.717) is 11.5 Å². The summed E-state index contributed by atoms with van der Waals surface area (Å²) in [4.78, 5) is 23.2. The van der Waals surface area contributed by atoms with Crippen LogP contribution >= 0.6 is 0 Å². The van der Waals surface area contributed by atoms with Gasteiger partial charge < -0.3 is 15.7 Å². The standard InChI is InChI=1S/C15H20N2O3/c1-9-6-7-16-10(2)13(9)17-14(18)11-4-3-5-12(8-11)15(19)20/h3-5,8-10,13,16H,6-7H2,1-2H3,(H,17,18)(H,19,20). The summed E-state index contributed by atoms with van der Waals surface area (Å²) in [7, 11) is 0. The number of carbonyl (C=O) groups excluding carboxylic acids is 1. The lowest BCUT2D eigenvalue weighted by Gasteiger charge is -2.36. The first-order chi connectivity index (χ1) is 9.49. The van der Waals surface area contributed by atoms with Gasteiger partial charge in [0.05, 0.1) is 5.56 Å². The molecule has 5 nitrogen and oxygen atoms in total. The number of rotatable bonds is 3. The Kier molecular flexibility index (Phi) is 4.39. The Hall–Kier alpha value is -1.88. The number of aromatic carboxylic acids is 1. The number of piperidine rings is 1. The minimum atomic E-state index is -1.03. The number of hydrogen-bond acceptors (Lipinski definition) is 3. The van der Waals surface area contributed by atoms with Crippen LogP contribution in [-0.4, -0.2) is 35.6 Å². The Balaban J connectivity index is 2.11. The summed E-state index contributed by atoms with van der Waals surface area (Å²) in [6.45, 7) is 5.13. The third-order valence-electron chi connectivity index (χ3n) is 3.89. The molecular formula is C15H20N2O3. The number of carboxylic acids is 1. The van der Waals surface area contributed by atoms with Gasteiger partial charge in [0.2, 0.25) is 0 Å². The van der Waals surface area contributed by atoms with Crippen LogP contribution in [0.1, 0.15) is 41.0 Å². The SMILES string of the molecule is CC1CCNC(C)C1NC(=O)c1cccc(C(=O)O)c1. The molecule has 1 aliphatic rings. The lowest BCUT2D eigenvalue weighted by molar-refractivity contribution is 0.0697. The molecule has 5 heteroatoms. The summed E-state index contributed by atoms with van der Waals surface area (Å²) >= 11 is 0. The van der Waals surface area contributed by atoms with Gasteiger partial charge in [-0.1, -0.05) is 13.0 Å². The molecule has 2 rings (SSSR count). The molecule has 3 N–H and O–H groups in total. The average Bonchev–Trinajstić information content (AvgIpc) is 2.43. The predicted molar refractivity (Wildman–Crippen MR) is 75.9 cm³/mol. The van der Waals surface area contributed by atoms with Gasteiger partial charge in [-0.05, 0) is 44.0 Å². The largest absolute Gasteiger partial charge is 0.478 e. The molecule has 0 aliphatic carbocycles. The van der Waals surface area contributed by atoms with Crippen molar-refractivity contribution in [1.29, 1.82) is 0 Å². The van der Waals surface area contributed by atoms with Crippen LogP contribution in [0.5, 0.6) is 0 Å². The summed E-state index contributed by atoms with van der Waals surface area (Å²) in [6.07, 6.45) is 1.02. The minimum absolute atomic E-state index is 0.0599. The van der Waals surface area contributed by atoms with Crippen LogP contribution in [0.25, 0.3) is 0 Å². The van der Waals surface area contributed by atoms with E-state index >= 15 is 0 Å². The molecule has 0 spiro atoms. The molecule has 3 atom stereocenters. The molecule has 1 fully saturated rings. The highest BCUT2D eigenvalue weighted by atomic mass is 16.4. The second-order valence-corrected chi connectivity index (χ2v) is 5.39. The molecule has 1 heterocycles. The normalized spacial score (nSPS) is 26.0. The molecule has 20 heavy (non-hydrogen) atoms. The van der Waals surface area contributed by atoms with Crippen molar-refractivity contribution in [2.24, 2.45) is 5.92 Å². The molecule has 0 bridgehead atoms. The number of amides is 1. The van der Waals surface area contributed by atoms with Crippen LogP contribution in [0.15, 0.2) is 24.3 Å². The van der Waals surface area contributed by atoms with Crippen molar-refractivity contribution in [3.8, 4) is 0 Å². The van der Waals surface area contributed by atoms with Gasteiger partial charge in [-0.2, -0.15) is 0 Å². The molecule has 3 unspecified atom stereocenters. The average molecular weight is 276 g/mol. The van der Waals surface area contributed by atoms with Crippen LogP contribution < -0.4 is 10.6 Å². The van der Waals surface area contributed by atoms with Crippen LogP contribution in [0.2, 0.25) is 0 Å². The van der Waals surface area contributed by atoms with E-state index in [-0.39, 0.29) is 23.6 Å². The first kappa shape index (κ1) is 14.5. The number of benzene rings is 1. The van der Waals surface area contributed by atoms with E-state index in [9.17, 15) is 9.59 Å². The highest BCUT2D eigenvalue weighted by Crippen LogP contribution is 2.17. The zero-order valence-corrected chi connectivity index (χ0v) is 11.7. The smallest absolute Gasteiger partial charge is 0.335 e. The van der Waals surface area contributed by atoms with E-state index in [1.807, 2.05) is 6.92 Å². The quantitative estimate of drug-likeness (QED) is 0.782. The Morgan fingerprint density at radius 2 is 2.00 bits per heavy atom. The van der Waals surface area contributed by atoms with Gasteiger partial charge in [-0.15, -0.1) is 0 Å². The summed E-state index contributed by atoms with van der Waals surface area (Å²) in [5.41, 5.74) is 0.510. The van der Waals surface area contributed by atoms with Crippen molar-refractivity contribution in [3.05, 3.63) is 35.4 Å². The zero-order valence-electron chi connectivity index (χ0n) is 11.7. The second kappa shape index (κ2) is 6.05. The predicted octanol–water partition coefficient (Wildman–Crippen LogP) is 1.50. The van der Waals surface area contributed by atoms with E-state index in [2.05, 4.69) is 17.6 Å². The Bertz CT molecular complexity index is 506. The van der Waals surface area contributed by atoms with Crippen molar-refractivity contribution in [2.75, 3.05) is 6.54 Å². The van der Waals surface area contributed by atoms with E-state index in [1.165, 1.54) is 12.1 Å². The minimum Gasteiger partial charge on any atom is -0.478 e. The van der Waals surface area contributed by atoms with Gasteiger partial charge in [-0.3, -0.25) is 4.79 Å². The van der Waals surface area contributed by atoms with Crippen molar-refractivity contribution in [2.45, 2.75) is 32.4 Å². The molecule has 1 amide bonds. The monoisotopic (exact) mass is 276 g/mol. The van der Waals surface area contributed by atoms with Gasteiger partial charge in [0, 0.05) is 17.6 Å². The molecule has 0 saturated carbocycles. The lowest BCUT2D eigenvalue weighted by Crippen LogP contribution is -2.55. The van der Waals surface area contributed by atoms with Crippen LogP contribution in [0, 0.1) is 5.92 Å². The first-order valence-electron chi connectivity index (χ1n) is 6.86. The summed E-state index contributed by atoms with van der Waals surface area (Å²) in [6, 6.07) is 6.38. The van der Waals surface area contributed by atoms with Gasteiger partial charge in [0.1, 0.15) is 0 Å². The first-order valence-corrected chi connectivity index (χ1v) is 6.86. The zero-order chi connectivity index (χ0) is 14.7. The second-order valence-electron chi connectivity index (χ2n) is 5.39. The summed E-state index contributed by atoms with van der Waals surface area (Å²) in [5, 5.41) is 15.3.